The Labute approximate surface area is 403 Å². The molecule has 0 spiro atoms. The van der Waals surface area contributed by atoms with Gasteiger partial charge in [0.2, 0.25) is 0 Å². The molecule has 0 saturated carbocycles. The monoisotopic (exact) mass is 1040 g/mol. The molecule has 0 aliphatic rings. The Bertz CT molecular complexity index is 3350. The summed E-state index contributed by atoms with van der Waals surface area (Å²) in [5, 5.41) is 2.24. The summed E-state index contributed by atoms with van der Waals surface area (Å²) in [6.07, 6.45) is 6.73. The SMILES string of the molecule is CC(C)Cc1ccnc(-n2c3[c-]c(Oc4[c-]c(-n5[c-][n+](-c6c(-c7ccccc7)cccc6-c6cc(C(C)(C)C)cc(C(C)(C)C)c6)c6ccccc65)ccc4)ccc3c3ccccc32)c1.[Pt]. The average Bonchev–Trinajstić information content (AvgIpc) is 3.84. The Morgan fingerprint density at radius 2 is 1.26 bits per heavy atom. The topological polar surface area (TPSA) is 35.9 Å². The van der Waals surface area contributed by atoms with Crippen LogP contribution in [0.5, 0.6) is 11.5 Å². The molecule has 0 saturated heterocycles. The molecule has 0 unspecified atom stereocenters. The third-order valence-electron chi connectivity index (χ3n) is 12.3. The zero-order valence-corrected chi connectivity index (χ0v) is 41.2. The molecule has 10 rings (SSSR count). The smallest absolute Gasteiger partial charge is 0.268 e. The molecule has 0 aliphatic heterocycles. The van der Waals surface area contributed by atoms with Gasteiger partial charge in [0.25, 0.3) is 6.33 Å². The molecule has 0 bridgehead atoms. The molecule has 66 heavy (non-hydrogen) atoms. The van der Waals surface area contributed by atoms with E-state index >= 15 is 0 Å². The summed E-state index contributed by atoms with van der Waals surface area (Å²) in [5.41, 5.74) is 14.3. The molecule has 0 radical (unpaired) electrons. The molecular weight excluding hydrogens is 988 g/mol. The first-order valence-electron chi connectivity index (χ1n) is 22.7. The van der Waals surface area contributed by atoms with E-state index < -0.39 is 0 Å². The van der Waals surface area contributed by atoms with Crippen LogP contribution in [0.25, 0.3) is 72.3 Å². The molecule has 0 atom stereocenters. The Morgan fingerprint density at radius 1 is 0.606 bits per heavy atom. The van der Waals surface area contributed by atoms with Gasteiger partial charge in [0.15, 0.2) is 0 Å². The maximum Gasteiger partial charge on any atom is 0.268 e. The summed E-state index contributed by atoms with van der Waals surface area (Å²) in [7, 11) is 0. The molecule has 0 fully saturated rings. The van der Waals surface area contributed by atoms with Gasteiger partial charge in [-0.15, -0.1) is 29.7 Å². The van der Waals surface area contributed by atoms with E-state index in [2.05, 4.69) is 227 Å². The third kappa shape index (κ3) is 8.54. The standard InChI is InChI=1S/C60H54N4O.Pt/c1-40(2)32-41-30-31-61-57(33-41)64-53-25-13-12-22-51(53)52-29-28-48(38-56(52)64)65-47-21-16-20-46(37-47)62-39-63(55-27-15-14-26-54(55)62)58-49(42-18-10-9-11-19-42)23-17-24-50(58)43-34-44(59(3,4)5)36-45(35-43)60(6,7)8;/h9-31,33-36,40H,32H2,1-8H3;/q-2;. The fourth-order valence-electron chi connectivity index (χ4n) is 9.02. The molecule has 0 amide bonds. The van der Waals surface area contributed by atoms with Crippen LogP contribution in [0, 0.1) is 24.4 Å². The Kier molecular flexibility index (Phi) is 12.0. The van der Waals surface area contributed by atoms with Crippen LogP contribution in [0.3, 0.4) is 0 Å². The molecule has 0 aliphatic carbocycles. The first-order valence-corrected chi connectivity index (χ1v) is 22.7. The first kappa shape index (κ1) is 44.6. The number of hydrogen-bond acceptors (Lipinski definition) is 2. The molecule has 10 aromatic rings. The van der Waals surface area contributed by atoms with Crippen molar-refractivity contribution in [1.29, 1.82) is 0 Å². The maximum absolute atomic E-state index is 6.67. The fourth-order valence-corrected chi connectivity index (χ4v) is 9.02. The van der Waals surface area contributed by atoms with Gasteiger partial charge in [-0.3, -0.25) is 4.57 Å². The number of rotatable bonds is 9. The number of ether oxygens (including phenoxy) is 1. The molecule has 5 nitrogen and oxygen atoms in total. The normalized spacial score (nSPS) is 12.0. The summed E-state index contributed by atoms with van der Waals surface area (Å²) in [5.74, 6) is 2.58. The second-order valence-electron chi connectivity index (χ2n) is 19.7. The van der Waals surface area contributed by atoms with E-state index in [9.17, 15) is 0 Å². The predicted octanol–water partition coefficient (Wildman–Crippen LogP) is 14.7. The van der Waals surface area contributed by atoms with Gasteiger partial charge in [-0.1, -0.05) is 170 Å². The van der Waals surface area contributed by atoms with E-state index in [1.54, 1.807) is 0 Å². The van der Waals surface area contributed by atoms with E-state index in [0.29, 0.717) is 17.4 Å². The number of pyridine rings is 1. The van der Waals surface area contributed by atoms with Gasteiger partial charge in [-0.25, -0.2) is 4.98 Å². The van der Waals surface area contributed by atoms with Crippen molar-refractivity contribution in [2.24, 2.45) is 5.92 Å². The molecule has 332 valence electrons. The molecular formula is C60H54N4OPt-2. The number of benzene rings is 7. The maximum atomic E-state index is 6.67. The Morgan fingerprint density at radius 3 is 1.98 bits per heavy atom. The van der Waals surface area contributed by atoms with Crippen molar-refractivity contribution in [1.82, 2.24) is 14.1 Å². The van der Waals surface area contributed by atoms with E-state index in [1.165, 1.54) is 22.3 Å². The number of fused-ring (bicyclic) bond motifs is 4. The first-order chi connectivity index (χ1) is 31.3. The summed E-state index contributed by atoms with van der Waals surface area (Å²) in [4.78, 5) is 4.86. The van der Waals surface area contributed by atoms with Crippen molar-refractivity contribution < 1.29 is 30.4 Å². The van der Waals surface area contributed by atoms with Crippen molar-refractivity contribution in [3.05, 3.63) is 199 Å². The van der Waals surface area contributed by atoms with Gasteiger partial charge in [0.05, 0.1) is 16.7 Å². The third-order valence-corrected chi connectivity index (χ3v) is 12.3. The average molecular weight is 1040 g/mol. The van der Waals surface area contributed by atoms with Crippen molar-refractivity contribution in [2.45, 2.75) is 72.6 Å². The molecule has 6 heteroatoms. The van der Waals surface area contributed by atoms with Gasteiger partial charge >= 0.3 is 0 Å². The minimum Gasteiger partial charge on any atom is -0.510 e. The van der Waals surface area contributed by atoms with Crippen molar-refractivity contribution in [2.75, 3.05) is 0 Å². The van der Waals surface area contributed by atoms with Gasteiger partial charge in [-0.05, 0) is 91.4 Å². The van der Waals surface area contributed by atoms with Crippen molar-refractivity contribution >= 4 is 32.8 Å². The van der Waals surface area contributed by atoms with Gasteiger partial charge < -0.3 is 13.9 Å². The van der Waals surface area contributed by atoms with E-state index in [1.807, 2.05) is 24.4 Å². The van der Waals surface area contributed by atoms with Crippen LogP contribution in [0.15, 0.2) is 164 Å². The minimum absolute atomic E-state index is 0. The second-order valence-corrected chi connectivity index (χ2v) is 19.7. The molecule has 3 heterocycles. The summed E-state index contributed by atoms with van der Waals surface area (Å²) < 4.78 is 13.2. The van der Waals surface area contributed by atoms with Crippen LogP contribution >= 0.6 is 0 Å². The molecule has 7 aromatic carbocycles. The summed E-state index contributed by atoms with van der Waals surface area (Å²) in [6, 6.07) is 63.2. The van der Waals surface area contributed by atoms with Crippen molar-refractivity contribution in [3.8, 4) is 50.9 Å². The van der Waals surface area contributed by atoms with E-state index in [4.69, 9.17) is 9.72 Å². The van der Waals surface area contributed by atoms with Crippen LogP contribution < -0.4 is 9.30 Å². The van der Waals surface area contributed by atoms with Gasteiger partial charge in [0.1, 0.15) is 5.82 Å². The predicted molar refractivity (Wildman–Crippen MR) is 267 cm³/mol. The van der Waals surface area contributed by atoms with Crippen LogP contribution in [0.2, 0.25) is 0 Å². The molecule has 0 N–H and O–H groups in total. The quantitative estimate of drug-likeness (QED) is 0.107. The second kappa shape index (κ2) is 17.7. The zero-order chi connectivity index (χ0) is 45.0. The Hall–Kier alpha value is -6.55. The van der Waals surface area contributed by atoms with E-state index in [0.717, 1.165) is 73.1 Å². The fraction of sp³-hybridized carbons (Fsp3) is 0.200. The number of para-hydroxylation sites is 4. The largest absolute Gasteiger partial charge is 0.510 e. The number of aromatic nitrogens is 4. The van der Waals surface area contributed by atoms with Crippen LogP contribution in [-0.4, -0.2) is 14.1 Å². The van der Waals surface area contributed by atoms with Crippen LogP contribution in [0.1, 0.15) is 72.1 Å². The van der Waals surface area contributed by atoms with Crippen LogP contribution in [0.4, 0.5) is 0 Å². The summed E-state index contributed by atoms with van der Waals surface area (Å²) in [6.45, 7) is 18.3. The van der Waals surface area contributed by atoms with E-state index in [-0.39, 0.29) is 31.9 Å². The number of imidazole rings is 1. The van der Waals surface area contributed by atoms with Crippen LogP contribution in [-0.2, 0) is 38.3 Å². The molecule has 3 aromatic heterocycles. The number of nitrogens with zero attached hydrogens (tertiary/aromatic N) is 4. The van der Waals surface area contributed by atoms with Gasteiger partial charge in [-0.2, -0.15) is 18.2 Å². The van der Waals surface area contributed by atoms with Crippen molar-refractivity contribution in [3.63, 3.8) is 0 Å². The Balaban J connectivity index is 0.00000548. The zero-order valence-electron chi connectivity index (χ0n) is 38.9. The number of hydrogen-bond donors (Lipinski definition) is 0. The minimum atomic E-state index is -0.0380. The van der Waals surface area contributed by atoms with Gasteiger partial charge in [0, 0.05) is 44.3 Å². The summed E-state index contributed by atoms with van der Waals surface area (Å²) >= 11 is 0.